The van der Waals surface area contributed by atoms with E-state index in [1.807, 2.05) is 14.0 Å². The van der Waals surface area contributed by atoms with Gasteiger partial charge < -0.3 is 15.2 Å². The SMILES string of the molecule is CCC1=N[C@@H]2CC(C(OCCNC)=N1)C2NC(C)(C)C(=O)O. The van der Waals surface area contributed by atoms with E-state index >= 15 is 0 Å². The third-order valence-corrected chi connectivity index (χ3v) is 4.20. The van der Waals surface area contributed by atoms with Gasteiger partial charge in [-0.1, -0.05) is 6.92 Å². The quantitative estimate of drug-likeness (QED) is 0.600. The maximum atomic E-state index is 11.3. The van der Waals surface area contributed by atoms with E-state index in [2.05, 4.69) is 20.6 Å². The van der Waals surface area contributed by atoms with Crippen molar-refractivity contribution in [2.24, 2.45) is 15.9 Å². The Morgan fingerprint density at radius 1 is 1.50 bits per heavy atom. The number of carbonyl (C=O) groups is 1. The van der Waals surface area contributed by atoms with Crippen LogP contribution in [0.15, 0.2) is 9.98 Å². The lowest BCUT2D eigenvalue weighted by Gasteiger charge is -2.44. The van der Waals surface area contributed by atoms with E-state index in [4.69, 9.17) is 4.74 Å². The molecular weight excluding hydrogens is 284 g/mol. The molecule has 7 nitrogen and oxygen atoms in total. The summed E-state index contributed by atoms with van der Waals surface area (Å²) >= 11 is 0. The van der Waals surface area contributed by atoms with Crippen molar-refractivity contribution in [3.8, 4) is 0 Å². The second kappa shape index (κ2) is 6.75. The normalized spacial score (nSPS) is 27.4. The summed E-state index contributed by atoms with van der Waals surface area (Å²) in [4.78, 5) is 20.5. The van der Waals surface area contributed by atoms with E-state index in [-0.39, 0.29) is 18.0 Å². The van der Waals surface area contributed by atoms with Crippen LogP contribution in [0.25, 0.3) is 0 Å². The Morgan fingerprint density at radius 3 is 2.82 bits per heavy atom. The predicted molar refractivity (Wildman–Crippen MR) is 85.6 cm³/mol. The Labute approximate surface area is 131 Å². The fourth-order valence-corrected chi connectivity index (χ4v) is 2.69. The van der Waals surface area contributed by atoms with Crippen molar-refractivity contribution in [1.29, 1.82) is 0 Å². The molecule has 1 fully saturated rings. The van der Waals surface area contributed by atoms with Gasteiger partial charge in [-0.25, -0.2) is 4.99 Å². The van der Waals surface area contributed by atoms with Crippen LogP contribution in [0, 0.1) is 5.92 Å². The third-order valence-electron chi connectivity index (χ3n) is 4.20. The topological polar surface area (TPSA) is 95.3 Å². The standard InChI is InChI=1S/C15H26N4O3/c1-5-11-17-10-8-9(13(18-11)22-7-6-16-4)12(10)19-15(2,3)14(20)21/h9-10,12,16,19H,5-8H2,1-4H3,(H,20,21)/t9?,10-,12?/m1/s1. The summed E-state index contributed by atoms with van der Waals surface area (Å²) < 4.78 is 5.81. The first-order valence-electron chi connectivity index (χ1n) is 7.82. The first-order valence-corrected chi connectivity index (χ1v) is 7.82. The molecule has 2 unspecified atom stereocenters. The maximum absolute atomic E-state index is 11.3. The molecule has 3 rings (SSSR count). The fraction of sp³-hybridized carbons (Fsp3) is 0.800. The van der Waals surface area contributed by atoms with Gasteiger partial charge >= 0.3 is 5.97 Å². The van der Waals surface area contributed by atoms with Gasteiger partial charge in [-0.05, 0) is 27.3 Å². The molecule has 124 valence electrons. The summed E-state index contributed by atoms with van der Waals surface area (Å²) in [5.41, 5.74) is -0.996. The van der Waals surface area contributed by atoms with Crippen molar-refractivity contribution in [1.82, 2.24) is 10.6 Å². The lowest BCUT2D eigenvalue weighted by molar-refractivity contribution is -0.144. The Kier molecular flexibility index (Phi) is 5.18. The number of nitrogens with one attached hydrogen (secondary N) is 2. The Balaban J connectivity index is 2.13. The van der Waals surface area contributed by atoms with E-state index in [9.17, 15) is 9.90 Å². The van der Waals surface area contributed by atoms with E-state index in [0.717, 1.165) is 25.2 Å². The summed E-state index contributed by atoms with van der Waals surface area (Å²) in [6.07, 6.45) is 1.60. The summed E-state index contributed by atoms with van der Waals surface area (Å²) in [5, 5.41) is 15.6. The van der Waals surface area contributed by atoms with Crippen LogP contribution in [-0.2, 0) is 9.53 Å². The Bertz CT molecular complexity index is 487. The first-order chi connectivity index (χ1) is 10.4. The van der Waals surface area contributed by atoms with Gasteiger partial charge in [0.25, 0.3) is 0 Å². The molecule has 0 amide bonds. The summed E-state index contributed by atoms with van der Waals surface area (Å²) in [6, 6.07) is 0.0382. The predicted octanol–water partition coefficient (Wildman–Crippen LogP) is 0.653. The first kappa shape index (κ1) is 16.9. The van der Waals surface area contributed by atoms with Crippen molar-refractivity contribution >= 4 is 17.7 Å². The smallest absolute Gasteiger partial charge is 0.323 e. The molecule has 1 saturated carbocycles. The van der Waals surface area contributed by atoms with Gasteiger partial charge in [-0.15, -0.1) is 0 Å². The lowest BCUT2D eigenvalue weighted by Crippen LogP contribution is -2.64. The van der Waals surface area contributed by atoms with E-state index < -0.39 is 11.5 Å². The largest absolute Gasteiger partial charge is 0.480 e. The highest BCUT2D eigenvalue weighted by Crippen LogP contribution is 2.36. The summed E-state index contributed by atoms with van der Waals surface area (Å²) in [6.45, 7) is 6.64. The van der Waals surface area contributed by atoms with Gasteiger partial charge in [0, 0.05) is 19.0 Å². The fourth-order valence-electron chi connectivity index (χ4n) is 2.69. The molecule has 2 bridgehead atoms. The number of carboxylic acids is 1. The van der Waals surface area contributed by atoms with Gasteiger partial charge in [-0.2, -0.15) is 0 Å². The molecule has 0 aromatic rings. The molecule has 0 radical (unpaired) electrons. The molecule has 2 aliphatic heterocycles. The molecule has 3 aliphatic rings. The van der Waals surface area contributed by atoms with Crippen LogP contribution in [0.4, 0.5) is 0 Å². The number of hydrogen-bond acceptors (Lipinski definition) is 6. The molecule has 2 heterocycles. The van der Waals surface area contributed by atoms with Gasteiger partial charge in [0.15, 0.2) is 5.90 Å². The number of ether oxygens (including phenoxy) is 1. The van der Waals surface area contributed by atoms with Crippen molar-refractivity contribution in [2.75, 3.05) is 20.2 Å². The van der Waals surface area contributed by atoms with Crippen LogP contribution < -0.4 is 10.6 Å². The average Bonchev–Trinajstić information content (AvgIpc) is 2.72. The molecule has 0 aromatic heterocycles. The minimum atomic E-state index is -0.996. The number of rotatable bonds is 7. The van der Waals surface area contributed by atoms with E-state index in [0.29, 0.717) is 12.5 Å². The van der Waals surface area contributed by atoms with Crippen LogP contribution in [0.3, 0.4) is 0 Å². The average molecular weight is 310 g/mol. The van der Waals surface area contributed by atoms with Gasteiger partial charge in [0.2, 0.25) is 0 Å². The highest BCUT2D eigenvalue weighted by molar-refractivity contribution is 5.97. The second-order valence-electron chi connectivity index (χ2n) is 6.31. The van der Waals surface area contributed by atoms with Gasteiger partial charge in [0.1, 0.15) is 18.0 Å². The highest BCUT2D eigenvalue weighted by Gasteiger charge is 2.49. The summed E-state index contributed by atoms with van der Waals surface area (Å²) in [7, 11) is 1.87. The van der Waals surface area contributed by atoms with Crippen molar-refractivity contribution in [3.63, 3.8) is 0 Å². The summed E-state index contributed by atoms with van der Waals surface area (Å²) in [5.74, 6) is 0.686. The zero-order valence-corrected chi connectivity index (χ0v) is 13.7. The molecule has 7 heteroatoms. The number of nitrogens with zero attached hydrogens (tertiary/aromatic N) is 2. The van der Waals surface area contributed by atoms with E-state index in [1.54, 1.807) is 13.8 Å². The number of amidine groups is 1. The second-order valence-corrected chi connectivity index (χ2v) is 6.31. The minimum absolute atomic E-state index is 0.0384. The van der Waals surface area contributed by atoms with E-state index in [1.165, 1.54) is 0 Å². The number of aliphatic imine (C=N–C) groups is 2. The third kappa shape index (κ3) is 3.47. The van der Waals surface area contributed by atoms with Crippen LogP contribution in [0.2, 0.25) is 0 Å². The van der Waals surface area contributed by atoms with Crippen LogP contribution in [0.1, 0.15) is 33.6 Å². The van der Waals surface area contributed by atoms with Crippen molar-refractivity contribution < 1.29 is 14.6 Å². The number of carboxylic acid groups (broad SMARTS) is 1. The Morgan fingerprint density at radius 2 is 2.23 bits per heavy atom. The van der Waals surface area contributed by atoms with Crippen molar-refractivity contribution in [2.45, 2.75) is 51.2 Å². The number of aliphatic carboxylic acids is 1. The molecule has 0 spiro atoms. The van der Waals surface area contributed by atoms with Crippen LogP contribution >= 0.6 is 0 Å². The monoisotopic (exact) mass is 310 g/mol. The van der Waals surface area contributed by atoms with Crippen molar-refractivity contribution in [3.05, 3.63) is 0 Å². The molecule has 0 saturated heterocycles. The zero-order valence-electron chi connectivity index (χ0n) is 13.7. The molecular formula is C15H26N4O3. The molecule has 22 heavy (non-hydrogen) atoms. The zero-order chi connectivity index (χ0) is 16.3. The Hall–Kier alpha value is -1.47. The molecule has 3 N–H and O–H groups in total. The molecule has 0 aromatic carbocycles. The maximum Gasteiger partial charge on any atom is 0.323 e. The number of hydrogen-bond donors (Lipinski definition) is 3. The van der Waals surface area contributed by atoms with Gasteiger partial charge in [-0.3, -0.25) is 15.1 Å². The molecule has 1 aliphatic carbocycles. The molecule has 3 atom stereocenters. The van der Waals surface area contributed by atoms with Crippen LogP contribution in [-0.4, -0.2) is 60.6 Å². The van der Waals surface area contributed by atoms with Crippen LogP contribution in [0.5, 0.6) is 0 Å². The lowest BCUT2D eigenvalue weighted by atomic mass is 9.73. The number of likely N-dealkylation sites (N-methyl/N-ethyl adjacent to an activating group) is 1. The minimum Gasteiger partial charge on any atom is -0.480 e. The highest BCUT2D eigenvalue weighted by atomic mass is 16.5. The van der Waals surface area contributed by atoms with Gasteiger partial charge in [0.05, 0.1) is 12.0 Å². The number of fused-ring (bicyclic) bond motifs is 1.